The van der Waals surface area contributed by atoms with E-state index in [-0.39, 0.29) is 18.4 Å². The highest BCUT2D eigenvalue weighted by Gasteiger charge is 2.30. The number of hydrogen-bond acceptors (Lipinski definition) is 3. The quantitative estimate of drug-likeness (QED) is 0.736. The maximum Gasteiger partial charge on any atom is 0.308 e. The average molecular weight is 295 g/mol. The van der Waals surface area contributed by atoms with Crippen molar-refractivity contribution in [2.24, 2.45) is 11.8 Å². The molecule has 5 heteroatoms. The van der Waals surface area contributed by atoms with Crippen LogP contribution in [-0.4, -0.2) is 36.7 Å². The lowest BCUT2D eigenvalue weighted by Gasteiger charge is -2.27. The summed E-state index contributed by atoms with van der Waals surface area (Å²) in [6.07, 6.45) is 8.50. The number of carboxylic acids is 1. The molecule has 1 aliphatic carbocycles. The molecule has 1 amide bonds. The molecule has 0 radical (unpaired) electrons. The minimum absolute atomic E-state index is 0.0542. The highest BCUT2D eigenvalue weighted by Crippen LogP contribution is 2.24. The number of rotatable bonds is 6. The lowest BCUT2D eigenvalue weighted by atomic mass is 9.86. The predicted molar refractivity (Wildman–Crippen MR) is 78.8 cm³/mol. The summed E-state index contributed by atoms with van der Waals surface area (Å²) < 4.78 is 5.27. The van der Waals surface area contributed by atoms with Crippen LogP contribution in [-0.2, 0) is 14.3 Å². The first-order valence-corrected chi connectivity index (χ1v) is 7.92. The van der Waals surface area contributed by atoms with Gasteiger partial charge in [0, 0.05) is 26.2 Å². The first kappa shape index (κ1) is 16.0. The second-order valence-corrected chi connectivity index (χ2v) is 5.98. The third-order valence-corrected chi connectivity index (χ3v) is 4.44. The van der Waals surface area contributed by atoms with E-state index in [0.29, 0.717) is 19.6 Å². The van der Waals surface area contributed by atoms with Gasteiger partial charge in [0.25, 0.3) is 0 Å². The first-order valence-electron chi connectivity index (χ1n) is 7.92. The predicted octanol–water partition coefficient (Wildman–Crippen LogP) is 2.12. The number of hydrogen-bond donors (Lipinski definition) is 2. The zero-order valence-corrected chi connectivity index (χ0v) is 12.5. The van der Waals surface area contributed by atoms with Crippen LogP contribution in [0.2, 0.25) is 0 Å². The van der Waals surface area contributed by atoms with Crippen molar-refractivity contribution in [3.05, 3.63) is 11.6 Å². The fourth-order valence-electron chi connectivity index (χ4n) is 3.13. The summed E-state index contributed by atoms with van der Waals surface area (Å²) in [6, 6.07) is 0. The fraction of sp³-hybridized carbons (Fsp3) is 0.750. The van der Waals surface area contributed by atoms with Crippen molar-refractivity contribution in [3.8, 4) is 0 Å². The van der Waals surface area contributed by atoms with Crippen LogP contribution in [0.5, 0.6) is 0 Å². The molecule has 21 heavy (non-hydrogen) atoms. The summed E-state index contributed by atoms with van der Waals surface area (Å²) >= 11 is 0. The Morgan fingerprint density at radius 1 is 1.33 bits per heavy atom. The molecule has 1 aliphatic heterocycles. The van der Waals surface area contributed by atoms with Gasteiger partial charge in [-0.3, -0.25) is 9.59 Å². The van der Waals surface area contributed by atoms with E-state index in [0.717, 1.165) is 32.1 Å². The van der Waals surface area contributed by atoms with E-state index in [1.54, 1.807) is 0 Å². The Bertz CT molecular complexity index is 399. The normalized spacial score (nSPS) is 21.4. The molecule has 1 fully saturated rings. The van der Waals surface area contributed by atoms with Gasteiger partial charge in [-0.05, 0) is 44.4 Å². The number of carbonyl (C=O) groups is 2. The fourth-order valence-corrected chi connectivity index (χ4v) is 3.13. The SMILES string of the molecule is O=C(CC1=CCCCC1)NCC(C(=O)O)C1CCOCC1. The molecule has 5 nitrogen and oxygen atoms in total. The lowest BCUT2D eigenvalue weighted by molar-refractivity contribution is -0.144. The van der Waals surface area contributed by atoms with E-state index in [1.807, 2.05) is 0 Å². The third kappa shape index (κ3) is 5.16. The van der Waals surface area contributed by atoms with Gasteiger partial charge in [0.1, 0.15) is 0 Å². The Morgan fingerprint density at radius 3 is 2.71 bits per heavy atom. The first-order chi connectivity index (χ1) is 10.2. The monoisotopic (exact) mass is 295 g/mol. The average Bonchev–Trinajstić information content (AvgIpc) is 2.49. The van der Waals surface area contributed by atoms with Gasteiger partial charge in [-0.25, -0.2) is 0 Å². The lowest BCUT2D eigenvalue weighted by Crippen LogP contribution is -2.39. The molecule has 1 saturated heterocycles. The topological polar surface area (TPSA) is 75.6 Å². The number of carbonyl (C=O) groups excluding carboxylic acids is 1. The van der Waals surface area contributed by atoms with Gasteiger partial charge in [0.15, 0.2) is 0 Å². The molecule has 1 unspecified atom stereocenters. The van der Waals surface area contributed by atoms with E-state index in [9.17, 15) is 14.7 Å². The van der Waals surface area contributed by atoms with Crippen molar-refractivity contribution in [1.82, 2.24) is 5.32 Å². The number of amides is 1. The minimum atomic E-state index is -0.820. The van der Waals surface area contributed by atoms with Crippen molar-refractivity contribution in [1.29, 1.82) is 0 Å². The van der Waals surface area contributed by atoms with Crippen molar-refractivity contribution < 1.29 is 19.4 Å². The van der Waals surface area contributed by atoms with E-state index >= 15 is 0 Å². The Morgan fingerprint density at radius 2 is 2.10 bits per heavy atom. The van der Waals surface area contributed by atoms with Crippen LogP contribution in [0.3, 0.4) is 0 Å². The molecular weight excluding hydrogens is 270 g/mol. The molecule has 2 aliphatic rings. The van der Waals surface area contributed by atoms with Gasteiger partial charge in [0.05, 0.1) is 5.92 Å². The number of aliphatic carboxylic acids is 1. The molecule has 0 bridgehead atoms. The van der Waals surface area contributed by atoms with Gasteiger partial charge in [-0.2, -0.15) is 0 Å². The van der Waals surface area contributed by atoms with Crippen LogP contribution in [0.15, 0.2) is 11.6 Å². The van der Waals surface area contributed by atoms with E-state index in [1.165, 1.54) is 12.0 Å². The Hall–Kier alpha value is -1.36. The van der Waals surface area contributed by atoms with E-state index < -0.39 is 11.9 Å². The molecule has 2 rings (SSSR count). The standard InChI is InChI=1S/C16H25NO4/c18-15(10-12-4-2-1-3-5-12)17-11-14(16(19)20)13-6-8-21-9-7-13/h4,13-14H,1-3,5-11H2,(H,17,18)(H,19,20). The van der Waals surface area contributed by atoms with Gasteiger partial charge < -0.3 is 15.2 Å². The third-order valence-electron chi connectivity index (χ3n) is 4.44. The van der Waals surface area contributed by atoms with Crippen LogP contribution in [0.1, 0.15) is 44.9 Å². The highest BCUT2D eigenvalue weighted by molar-refractivity contribution is 5.79. The smallest absolute Gasteiger partial charge is 0.308 e. The number of allylic oxidation sites excluding steroid dienone is 1. The van der Waals surface area contributed by atoms with Crippen LogP contribution in [0, 0.1) is 11.8 Å². The maximum atomic E-state index is 12.0. The molecule has 1 atom stereocenters. The summed E-state index contributed by atoms with van der Waals surface area (Å²) in [7, 11) is 0. The Kier molecular flexibility index (Phi) is 6.23. The van der Waals surface area contributed by atoms with Crippen molar-refractivity contribution in [2.45, 2.75) is 44.9 Å². The summed E-state index contributed by atoms with van der Waals surface area (Å²) in [5, 5.41) is 12.2. The van der Waals surface area contributed by atoms with Crippen molar-refractivity contribution >= 4 is 11.9 Å². The second kappa shape index (κ2) is 8.17. The zero-order chi connectivity index (χ0) is 15.1. The largest absolute Gasteiger partial charge is 0.481 e. The van der Waals surface area contributed by atoms with Crippen LogP contribution >= 0.6 is 0 Å². The summed E-state index contributed by atoms with van der Waals surface area (Å²) in [5.74, 6) is -1.27. The molecule has 0 spiro atoms. The van der Waals surface area contributed by atoms with Crippen LogP contribution in [0.4, 0.5) is 0 Å². The van der Waals surface area contributed by atoms with Crippen molar-refractivity contribution in [3.63, 3.8) is 0 Å². The molecule has 0 aromatic heterocycles. The van der Waals surface area contributed by atoms with Gasteiger partial charge in [-0.1, -0.05) is 11.6 Å². The second-order valence-electron chi connectivity index (χ2n) is 5.98. The molecule has 0 aromatic carbocycles. The highest BCUT2D eigenvalue weighted by atomic mass is 16.5. The Labute approximate surface area is 125 Å². The minimum Gasteiger partial charge on any atom is -0.481 e. The number of ether oxygens (including phenoxy) is 1. The molecule has 118 valence electrons. The molecule has 1 heterocycles. The van der Waals surface area contributed by atoms with Gasteiger partial charge in [-0.15, -0.1) is 0 Å². The molecule has 0 saturated carbocycles. The summed E-state index contributed by atoms with van der Waals surface area (Å²) in [6.45, 7) is 1.47. The molecule has 2 N–H and O–H groups in total. The molecule has 0 aromatic rings. The van der Waals surface area contributed by atoms with E-state index in [4.69, 9.17) is 4.74 Å². The van der Waals surface area contributed by atoms with Crippen LogP contribution < -0.4 is 5.32 Å². The van der Waals surface area contributed by atoms with Gasteiger partial charge >= 0.3 is 5.97 Å². The van der Waals surface area contributed by atoms with E-state index in [2.05, 4.69) is 11.4 Å². The maximum absolute atomic E-state index is 12.0. The van der Waals surface area contributed by atoms with Crippen LogP contribution in [0.25, 0.3) is 0 Å². The zero-order valence-electron chi connectivity index (χ0n) is 12.5. The summed E-state index contributed by atoms with van der Waals surface area (Å²) in [5.41, 5.74) is 1.19. The van der Waals surface area contributed by atoms with Gasteiger partial charge in [0.2, 0.25) is 5.91 Å². The van der Waals surface area contributed by atoms with Crippen molar-refractivity contribution in [2.75, 3.05) is 19.8 Å². The Balaban J connectivity index is 1.79. The number of carboxylic acid groups (broad SMARTS) is 1. The summed E-state index contributed by atoms with van der Waals surface area (Å²) in [4.78, 5) is 23.3. The number of nitrogens with one attached hydrogen (secondary N) is 1. The molecular formula is C16H25NO4.